The van der Waals surface area contributed by atoms with Crippen LogP contribution in [-0.4, -0.2) is 46.9 Å². The zero-order valence-electron chi connectivity index (χ0n) is 11.7. The monoisotopic (exact) mass is 293 g/mol. The molecule has 21 heavy (non-hydrogen) atoms. The molecular formula is C14H19N3O4. The topological polar surface area (TPSA) is 88.7 Å². The molecule has 1 aliphatic carbocycles. The third kappa shape index (κ3) is 2.71. The van der Waals surface area contributed by atoms with E-state index in [2.05, 4.69) is 4.98 Å². The number of rotatable bonds is 3. The molecular weight excluding hydrogens is 274 g/mol. The number of aromatic nitrogens is 1. The molecule has 2 aliphatic rings. The molecule has 0 aromatic carbocycles. The van der Waals surface area contributed by atoms with E-state index in [1.807, 2.05) is 4.90 Å². The Morgan fingerprint density at radius 2 is 2.33 bits per heavy atom. The van der Waals surface area contributed by atoms with Gasteiger partial charge in [-0.25, -0.2) is 4.98 Å². The minimum Gasteiger partial charge on any atom is -0.393 e. The third-order valence-electron chi connectivity index (χ3n) is 4.43. The van der Waals surface area contributed by atoms with E-state index in [-0.39, 0.29) is 23.8 Å². The molecule has 3 atom stereocenters. The molecule has 3 rings (SSSR count). The van der Waals surface area contributed by atoms with Gasteiger partial charge in [-0.05, 0) is 18.9 Å². The van der Waals surface area contributed by atoms with Gasteiger partial charge in [0.2, 0.25) is 5.82 Å². The number of anilines is 1. The van der Waals surface area contributed by atoms with Crippen molar-refractivity contribution in [1.82, 2.24) is 4.98 Å². The van der Waals surface area contributed by atoms with Gasteiger partial charge in [-0.15, -0.1) is 0 Å². The van der Waals surface area contributed by atoms with Gasteiger partial charge >= 0.3 is 5.69 Å². The zero-order chi connectivity index (χ0) is 14.8. The van der Waals surface area contributed by atoms with Crippen molar-refractivity contribution in [3.05, 3.63) is 28.4 Å². The Balaban J connectivity index is 1.93. The number of aliphatic hydroxyl groups excluding tert-OH is 1. The van der Waals surface area contributed by atoms with E-state index in [1.165, 1.54) is 6.07 Å². The van der Waals surface area contributed by atoms with Gasteiger partial charge in [-0.2, -0.15) is 0 Å². The molecule has 2 fully saturated rings. The predicted molar refractivity (Wildman–Crippen MR) is 76.2 cm³/mol. The van der Waals surface area contributed by atoms with E-state index in [0.29, 0.717) is 25.6 Å². The van der Waals surface area contributed by atoms with E-state index < -0.39 is 4.92 Å². The Hall–Kier alpha value is -1.73. The predicted octanol–water partition coefficient (Wildman–Crippen LogP) is 1.36. The van der Waals surface area contributed by atoms with E-state index in [0.717, 1.165) is 19.3 Å². The van der Waals surface area contributed by atoms with Gasteiger partial charge in [0.05, 0.1) is 30.3 Å². The van der Waals surface area contributed by atoms with Crippen molar-refractivity contribution in [2.45, 2.75) is 31.4 Å². The lowest BCUT2D eigenvalue weighted by molar-refractivity contribution is -0.384. The van der Waals surface area contributed by atoms with E-state index in [1.54, 1.807) is 12.3 Å². The van der Waals surface area contributed by atoms with Gasteiger partial charge in [0.25, 0.3) is 0 Å². The van der Waals surface area contributed by atoms with Gasteiger partial charge in [-0.3, -0.25) is 10.1 Å². The van der Waals surface area contributed by atoms with Crippen LogP contribution in [-0.2, 0) is 4.74 Å². The average Bonchev–Trinajstić information content (AvgIpc) is 2.93. The summed E-state index contributed by atoms with van der Waals surface area (Å²) in [6.45, 7) is 1.56. The summed E-state index contributed by atoms with van der Waals surface area (Å²) < 4.78 is 5.54. The van der Waals surface area contributed by atoms with Crippen LogP contribution in [0.15, 0.2) is 18.3 Å². The fraction of sp³-hybridized carbons (Fsp3) is 0.643. The molecule has 0 bridgehead atoms. The number of aliphatic hydroxyl groups is 1. The third-order valence-corrected chi connectivity index (χ3v) is 4.43. The standard InChI is InChI=1S/C14H19N3O4/c18-13-5-1-3-10(13)12-9-21-8-7-16(12)14-11(17(19)20)4-2-6-15-14/h2,4,6,10,12-13,18H,1,3,5,7-9H2/t10-,12+,13-/m0/s1. The van der Waals surface area contributed by atoms with E-state index >= 15 is 0 Å². The smallest absolute Gasteiger partial charge is 0.311 e. The summed E-state index contributed by atoms with van der Waals surface area (Å²) >= 11 is 0. The molecule has 114 valence electrons. The number of nitro groups is 1. The Morgan fingerprint density at radius 3 is 3.05 bits per heavy atom. The molecule has 7 heteroatoms. The Morgan fingerprint density at radius 1 is 1.48 bits per heavy atom. The molecule has 1 aliphatic heterocycles. The fourth-order valence-electron chi connectivity index (χ4n) is 3.41. The highest BCUT2D eigenvalue weighted by Gasteiger charge is 2.39. The van der Waals surface area contributed by atoms with Crippen molar-refractivity contribution < 1.29 is 14.8 Å². The van der Waals surface area contributed by atoms with Crippen molar-refractivity contribution in [2.75, 3.05) is 24.7 Å². The number of pyridine rings is 1. The normalized spacial score (nSPS) is 29.6. The summed E-state index contributed by atoms with van der Waals surface area (Å²) in [6.07, 6.45) is 3.91. The second-order valence-corrected chi connectivity index (χ2v) is 5.60. The molecule has 1 saturated carbocycles. The summed E-state index contributed by atoms with van der Waals surface area (Å²) in [7, 11) is 0. The lowest BCUT2D eigenvalue weighted by atomic mass is 9.94. The van der Waals surface area contributed by atoms with Gasteiger partial charge in [0.15, 0.2) is 0 Å². The second-order valence-electron chi connectivity index (χ2n) is 5.60. The van der Waals surface area contributed by atoms with Crippen molar-refractivity contribution in [3.8, 4) is 0 Å². The lowest BCUT2D eigenvalue weighted by Gasteiger charge is -2.40. The minimum atomic E-state index is -0.403. The molecule has 0 unspecified atom stereocenters. The van der Waals surface area contributed by atoms with E-state index in [4.69, 9.17) is 4.74 Å². The maximum atomic E-state index is 11.2. The first kappa shape index (κ1) is 14.2. The Bertz CT molecular complexity index is 525. The summed E-state index contributed by atoms with van der Waals surface area (Å²) in [6, 6.07) is 2.99. The number of morpholine rings is 1. The largest absolute Gasteiger partial charge is 0.393 e. The van der Waals surface area contributed by atoms with Crippen LogP contribution in [0.5, 0.6) is 0 Å². The summed E-state index contributed by atoms with van der Waals surface area (Å²) in [5.74, 6) is 0.474. The molecule has 0 radical (unpaired) electrons. The number of ether oxygens (including phenoxy) is 1. The van der Waals surface area contributed by atoms with Crippen LogP contribution in [0, 0.1) is 16.0 Å². The maximum absolute atomic E-state index is 11.2. The van der Waals surface area contributed by atoms with Crippen molar-refractivity contribution in [2.24, 2.45) is 5.92 Å². The lowest BCUT2D eigenvalue weighted by Crippen LogP contribution is -2.51. The zero-order valence-corrected chi connectivity index (χ0v) is 11.7. The quantitative estimate of drug-likeness (QED) is 0.668. The Kier molecular flexibility index (Phi) is 4.03. The van der Waals surface area contributed by atoms with Crippen molar-refractivity contribution in [1.29, 1.82) is 0 Å². The highest BCUT2D eigenvalue weighted by atomic mass is 16.6. The van der Waals surface area contributed by atoms with Gasteiger partial charge in [-0.1, -0.05) is 6.42 Å². The SMILES string of the molecule is O=[N+]([O-])c1cccnc1N1CCOC[C@@H]1[C@@H]1CCC[C@@H]1O. The van der Waals surface area contributed by atoms with Gasteiger partial charge in [0, 0.05) is 24.7 Å². The molecule has 2 heterocycles. The highest BCUT2D eigenvalue weighted by molar-refractivity contribution is 5.58. The number of nitrogens with zero attached hydrogens (tertiary/aromatic N) is 3. The summed E-state index contributed by atoms with van der Waals surface area (Å²) in [5, 5.41) is 21.4. The maximum Gasteiger partial charge on any atom is 0.311 e. The molecule has 0 amide bonds. The molecule has 7 nitrogen and oxygen atoms in total. The first-order chi connectivity index (χ1) is 10.2. The van der Waals surface area contributed by atoms with Crippen LogP contribution < -0.4 is 4.90 Å². The molecule has 1 aromatic rings. The average molecular weight is 293 g/mol. The molecule has 1 aromatic heterocycles. The summed E-state index contributed by atoms with van der Waals surface area (Å²) in [5.41, 5.74) is 0.0110. The van der Waals surface area contributed by atoms with Crippen molar-refractivity contribution in [3.63, 3.8) is 0 Å². The summed E-state index contributed by atoms with van der Waals surface area (Å²) in [4.78, 5) is 17.0. The van der Waals surface area contributed by atoms with Gasteiger partial charge in [0.1, 0.15) is 0 Å². The number of hydrogen-bond acceptors (Lipinski definition) is 6. The van der Waals surface area contributed by atoms with Crippen LogP contribution in [0.2, 0.25) is 0 Å². The van der Waals surface area contributed by atoms with Crippen LogP contribution in [0.4, 0.5) is 11.5 Å². The minimum absolute atomic E-state index is 0.0110. The van der Waals surface area contributed by atoms with Crippen LogP contribution in [0.25, 0.3) is 0 Å². The first-order valence-corrected chi connectivity index (χ1v) is 7.30. The van der Waals surface area contributed by atoms with Crippen molar-refractivity contribution >= 4 is 11.5 Å². The number of hydrogen-bond donors (Lipinski definition) is 1. The fourth-order valence-corrected chi connectivity index (χ4v) is 3.41. The molecule has 1 saturated heterocycles. The Labute approximate surface area is 122 Å². The molecule has 1 N–H and O–H groups in total. The first-order valence-electron chi connectivity index (χ1n) is 7.30. The van der Waals surface area contributed by atoms with Crippen LogP contribution in [0.1, 0.15) is 19.3 Å². The van der Waals surface area contributed by atoms with Crippen LogP contribution in [0.3, 0.4) is 0 Å². The van der Waals surface area contributed by atoms with E-state index in [9.17, 15) is 15.2 Å². The molecule has 0 spiro atoms. The second kappa shape index (κ2) is 5.95. The highest BCUT2D eigenvalue weighted by Crippen LogP contribution is 2.36. The van der Waals surface area contributed by atoms with Gasteiger partial charge < -0.3 is 14.7 Å². The van der Waals surface area contributed by atoms with Crippen LogP contribution >= 0.6 is 0 Å².